The van der Waals surface area contributed by atoms with Gasteiger partial charge in [-0.3, -0.25) is 19.0 Å². The monoisotopic (exact) mass is 504 g/mol. The molecule has 0 aliphatic heterocycles. The minimum atomic E-state index is -0.645. The topological polar surface area (TPSA) is 102 Å². The number of benzene rings is 3. The summed E-state index contributed by atoms with van der Waals surface area (Å²) in [5.74, 6) is -0.538. The Morgan fingerprint density at radius 1 is 0.917 bits per heavy atom. The number of halogens is 1. The molecule has 9 heteroatoms. The second kappa shape index (κ2) is 11.0. The molecule has 4 aromatic rings. The predicted molar refractivity (Wildman–Crippen MR) is 141 cm³/mol. The van der Waals surface area contributed by atoms with Gasteiger partial charge in [-0.1, -0.05) is 48.9 Å². The molecule has 1 aromatic heterocycles. The SMILES string of the molecule is CCCNC(=O)Cc1ccc(-n2c(=O)c3ccccc3n(CC(=O)Nc3cccc(Cl)c3)c2=O)cc1. The van der Waals surface area contributed by atoms with Gasteiger partial charge in [-0.15, -0.1) is 0 Å². The van der Waals surface area contributed by atoms with Gasteiger partial charge in [0, 0.05) is 17.3 Å². The number of hydrogen-bond donors (Lipinski definition) is 2. The summed E-state index contributed by atoms with van der Waals surface area (Å²) in [4.78, 5) is 51.6. The third-order valence-corrected chi connectivity index (χ3v) is 5.83. The Hall–Kier alpha value is -4.17. The highest BCUT2D eigenvalue weighted by atomic mass is 35.5. The largest absolute Gasteiger partial charge is 0.356 e. The van der Waals surface area contributed by atoms with Gasteiger partial charge in [-0.2, -0.15) is 0 Å². The van der Waals surface area contributed by atoms with Crippen molar-refractivity contribution in [2.75, 3.05) is 11.9 Å². The molecule has 1 heterocycles. The molecule has 36 heavy (non-hydrogen) atoms. The molecule has 0 saturated carbocycles. The van der Waals surface area contributed by atoms with Crippen LogP contribution < -0.4 is 21.9 Å². The van der Waals surface area contributed by atoms with Crippen LogP contribution in [0.15, 0.2) is 82.4 Å². The molecule has 3 aromatic carbocycles. The number of hydrogen-bond acceptors (Lipinski definition) is 4. The van der Waals surface area contributed by atoms with Gasteiger partial charge < -0.3 is 10.6 Å². The van der Waals surface area contributed by atoms with Gasteiger partial charge in [0.15, 0.2) is 0 Å². The number of fused-ring (bicyclic) bond motifs is 1. The molecule has 0 spiro atoms. The maximum Gasteiger partial charge on any atom is 0.336 e. The van der Waals surface area contributed by atoms with Crippen LogP contribution in [0, 0.1) is 0 Å². The molecule has 4 rings (SSSR count). The lowest BCUT2D eigenvalue weighted by Crippen LogP contribution is -2.40. The molecule has 0 fully saturated rings. The first-order chi connectivity index (χ1) is 17.4. The van der Waals surface area contributed by atoms with Crippen LogP contribution in [0.3, 0.4) is 0 Å². The average Bonchev–Trinajstić information content (AvgIpc) is 2.86. The van der Waals surface area contributed by atoms with E-state index < -0.39 is 17.2 Å². The molecule has 0 unspecified atom stereocenters. The zero-order chi connectivity index (χ0) is 25.7. The summed E-state index contributed by atoms with van der Waals surface area (Å²) in [6.45, 7) is 2.28. The van der Waals surface area contributed by atoms with Crippen molar-refractivity contribution in [1.82, 2.24) is 14.5 Å². The lowest BCUT2D eigenvalue weighted by molar-refractivity contribution is -0.120. The van der Waals surface area contributed by atoms with Crippen LogP contribution in [-0.4, -0.2) is 27.5 Å². The molecule has 184 valence electrons. The molecule has 0 radical (unpaired) electrons. The molecule has 2 N–H and O–H groups in total. The van der Waals surface area contributed by atoms with E-state index in [1.54, 1.807) is 72.8 Å². The molecular weight excluding hydrogens is 480 g/mol. The van der Waals surface area contributed by atoms with Crippen LogP contribution in [0.1, 0.15) is 18.9 Å². The quantitative estimate of drug-likeness (QED) is 0.383. The lowest BCUT2D eigenvalue weighted by Gasteiger charge is -2.14. The second-order valence-electron chi connectivity index (χ2n) is 8.28. The number of anilines is 1. The second-order valence-corrected chi connectivity index (χ2v) is 8.71. The molecule has 0 aliphatic carbocycles. The fraction of sp³-hybridized carbons (Fsp3) is 0.185. The van der Waals surface area contributed by atoms with Crippen LogP contribution in [0.25, 0.3) is 16.6 Å². The van der Waals surface area contributed by atoms with Crippen molar-refractivity contribution >= 4 is 40.0 Å². The Morgan fingerprint density at radius 2 is 1.67 bits per heavy atom. The molecule has 0 atom stereocenters. The third kappa shape index (κ3) is 5.55. The average molecular weight is 505 g/mol. The number of rotatable bonds is 8. The zero-order valence-corrected chi connectivity index (χ0v) is 20.4. The van der Waals surface area contributed by atoms with E-state index in [1.807, 2.05) is 6.92 Å². The Kier molecular flexibility index (Phi) is 7.65. The summed E-state index contributed by atoms with van der Waals surface area (Å²) in [5.41, 5.74) is 0.815. The van der Waals surface area contributed by atoms with Crippen molar-refractivity contribution in [2.45, 2.75) is 26.3 Å². The van der Waals surface area contributed by atoms with Gasteiger partial charge in [-0.05, 0) is 54.4 Å². The first-order valence-corrected chi connectivity index (χ1v) is 11.9. The summed E-state index contributed by atoms with van der Waals surface area (Å²) >= 11 is 5.99. The van der Waals surface area contributed by atoms with Gasteiger partial charge in [0.2, 0.25) is 11.8 Å². The highest BCUT2D eigenvalue weighted by molar-refractivity contribution is 6.30. The lowest BCUT2D eigenvalue weighted by atomic mass is 10.1. The van der Waals surface area contributed by atoms with Gasteiger partial charge >= 0.3 is 5.69 Å². The number of carbonyl (C=O) groups is 2. The van der Waals surface area contributed by atoms with Crippen molar-refractivity contribution in [3.8, 4) is 5.69 Å². The molecule has 0 saturated heterocycles. The first-order valence-electron chi connectivity index (χ1n) is 11.5. The summed E-state index contributed by atoms with van der Waals surface area (Å²) in [6.07, 6.45) is 1.04. The standard InChI is InChI=1S/C27H25ClN4O4/c1-2-14-29-24(33)15-18-10-12-21(13-11-18)32-26(35)22-8-3-4-9-23(22)31(27(32)36)17-25(34)30-20-7-5-6-19(28)16-20/h3-13,16H,2,14-15,17H2,1H3,(H,29,33)(H,30,34). The van der Waals surface area contributed by atoms with Gasteiger partial charge in [0.1, 0.15) is 6.54 Å². The number of nitrogens with zero attached hydrogens (tertiary/aromatic N) is 2. The van der Waals surface area contributed by atoms with E-state index in [1.165, 1.54) is 4.57 Å². The number of para-hydroxylation sites is 1. The fourth-order valence-corrected chi connectivity index (χ4v) is 4.08. The Bertz CT molecular complexity index is 1540. The number of amides is 2. The smallest absolute Gasteiger partial charge is 0.336 e. The van der Waals surface area contributed by atoms with Gasteiger partial charge in [-0.25, -0.2) is 9.36 Å². The van der Waals surface area contributed by atoms with Crippen LogP contribution >= 0.6 is 11.6 Å². The fourth-order valence-electron chi connectivity index (χ4n) is 3.89. The van der Waals surface area contributed by atoms with Crippen LogP contribution in [0.2, 0.25) is 5.02 Å². The van der Waals surface area contributed by atoms with E-state index in [0.29, 0.717) is 33.8 Å². The van der Waals surface area contributed by atoms with E-state index >= 15 is 0 Å². The normalized spacial score (nSPS) is 10.8. The Labute approximate surface area is 212 Å². The van der Waals surface area contributed by atoms with Gasteiger partial charge in [0.25, 0.3) is 5.56 Å². The number of nitrogens with one attached hydrogen (secondary N) is 2. The van der Waals surface area contributed by atoms with Crippen molar-refractivity contribution < 1.29 is 9.59 Å². The van der Waals surface area contributed by atoms with E-state index in [0.717, 1.165) is 16.6 Å². The predicted octanol–water partition coefficient (Wildman–Crippen LogP) is 3.51. The molecule has 2 amide bonds. The van der Waals surface area contributed by atoms with Gasteiger partial charge in [0.05, 0.1) is 23.0 Å². The van der Waals surface area contributed by atoms with E-state index in [4.69, 9.17) is 11.6 Å². The molecule has 8 nitrogen and oxygen atoms in total. The van der Waals surface area contributed by atoms with E-state index in [2.05, 4.69) is 10.6 Å². The minimum Gasteiger partial charge on any atom is -0.356 e. The van der Waals surface area contributed by atoms with Crippen molar-refractivity contribution in [2.24, 2.45) is 0 Å². The van der Waals surface area contributed by atoms with Crippen molar-refractivity contribution in [3.05, 3.63) is 104 Å². The maximum atomic E-state index is 13.5. The molecular formula is C27H25ClN4O4. The summed E-state index contributed by atoms with van der Waals surface area (Å²) in [7, 11) is 0. The Morgan fingerprint density at radius 3 is 2.39 bits per heavy atom. The number of aromatic nitrogens is 2. The van der Waals surface area contributed by atoms with Crippen LogP contribution in [0.5, 0.6) is 0 Å². The maximum absolute atomic E-state index is 13.5. The third-order valence-electron chi connectivity index (χ3n) is 5.59. The first kappa shape index (κ1) is 24.9. The van der Waals surface area contributed by atoms with E-state index in [-0.39, 0.29) is 18.9 Å². The van der Waals surface area contributed by atoms with Crippen LogP contribution in [-0.2, 0) is 22.6 Å². The molecule has 0 bridgehead atoms. The van der Waals surface area contributed by atoms with Crippen molar-refractivity contribution in [1.29, 1.82) is 0 Å². The minimum absolute atomic E-state index is 0.0967. The van der Waals surface area contributed by atoms with Crippen LogP contribution in [0.4, 0.5) is 5.69 Å². The summed E-state index contributed by atoms with van der Waals surface area (Å²) < 4.78 is 2.30. The highest BCUT2D eigenvalue weighted by Crippen LogP contribution is 2.16. The zero-order valence-electron chi connectivity index (χ0n) is 19.7. The highest BCUT2D eigenvalue weighted by Gasteiger charge is 2.17. The van der Waals surface area contributed by atoms with Crippen molar-refractivity contribution in [3.63, 3.8) is 0 Å². The molecule has 0 aliphatic rings. The summed E-state index contributed by atoms with van der Waals surface area (Å²) in [6, 6.07) is 20.0. The van der Waals surface area contributed by atoms with E-state index in [9.17, 15) is 19.2 Å². The Balaban J connectivity index is 1.69. The number of carbonyl (C=O) groups excluding carboxylic acids is 2. The summed E-state index contributed by atoms with van der Waals surface area (Å²) in [5, 5.41) is 6.32.